The summed E-state index contributed by atoms with van der Waals surface area (Å²) in [5, 5.41) is 11.9. The van der Waals surface area contributed by atoms with Crippen molar-refractivity contribution in [3.05, 3.63) is 48.3 Å². The average molecular weight is 266 g/mol. The number of hydrogen-bond acceptors (Lipinski definition) is 5. The zero-order chi connectivity index (χ0) is 13.4. The van der Waals surface area contributed by atoms with E-state index in [0.29, 0.717) is 12.5 Å². The Hall–Kier alpha value is -2.50. The van der Waals surface area contributed by atoms with Crippen LogP contribution in [0, 0.1) is 0 Å². The van der Waals surface area contributed by atoms with Crippen molar-refractivity contribution in [3.8, 4) is 0 Å². The zero-order valence-electron chi connectivity index (χ0n) is 10.9. The van der Waals surface area contributed by atoms with Gasteiger partial charge in [0, 0.05) is 37.3 Å². The molecule has 6 nitrogen and oxygen atoms in total. The van der Waals surface area contributed by atoms with Crippen LogP contribution in [-0.2, 0) is 6.54 Å². The van der Waals surface area contributed by atoms with Gasteiger partial charge in [-0.1, -0.05) is 6.07 Å². The van der Waals surface area contributed by atoms with Crippen LogP contribution in [-0.4, -0.2) is 24.6 Å². The highest BCUT2D eigenvalue weighted by Gasteiger charge is 2.29. The summed E-state index contributed by atoms with van der Waals surface area (Å²) in [5.41, 5.74) is 1.90. The fraction of sp³-hybridized carbons (Fsp3) is 0.286. The van der Waals surface area contributed by atoms with E-state index in [0.717, 1.165) is 22.9 Å². The molecule has 0 bridgehead atoms. The second-order valence-electron chi connectivity index (χ2n) is 5.02. The fourth-order valence-corrected chi connectivity index (χ4v) is 2.28. The lowest BCUT2D eigenvalue weighted by molar-refractivity contribution is 0.894. The number of fused-ring (bicyclic) bond motifs is 1. The highest BCUT2D eigenvalue weighted by Crippen LogP contribution is 2.39. The molecule has 0 unspecified atom stereocenters. The standard InChI is InChI=1S/C14H14N6/c1-2-10(8-15-5-1)9-17-12-14-19-18-13(11-3-4-11)20(14)7-6-16-12/h1-2,5-8,11H,3-4,9H2,(H,16,17). The molecule has 0 radical (unpaired) electrons. The molecule has 1 N–H and O–H groups in total. The molecule has 1 fully saturated rings. The van der Waals surface area contributed by atoms with Gasteiger partial charge in [0.05, 0.1) is 0 Å². The maximum atomic E-state index is 4.36. The smallest absolute Gasteiger partial charge is 0.203 e. The highest BCUT2D eigenvalue weighted by atomic mass is 15.3. The number of nitrogens with one attached hydrogen (secondary N) is 1. The molecule has 3 aromatic heterocycles. The van der Waals surface area contributed by atoms with Crippen LogP contribution in [0.3, 0.4) is 0 Å². The Kier molecular flexibility index (Phi) is 2.58. The minimum absolute atomic E-state index is 0.568. The predicted molar refractivity (Wildman–Crippen MR) is 74.3 cm³/mol. The number of rotatable bonds is 4. The number of nitrogens with zero attached hydrogens (tertiary/aromatic N) is 5. The summed E-state index contributed by atoms with van der Waals surface area (Å²) in [6, 6.07) is 3.95. The van der Waals surface area contributed by atoms with Gasteiger partial charge in [-0.2, -0.15) is 0 Å². The van der Waals surface area contributed by atoms with Crippen LogP contribution in [0.1, 0.15) is 30.1 Å². The van der Waals surface area contributed by atoms with Crippen molar-refractivity contribution in [1.82, 2.24) is 24.6 Å². The van der Waals surface area contributed by atoms with Gasteiger partial charge in [-0.3, -0.25) is 9.38 Å². The predicted octanol–water partition coefficient (Wildman–Crippen LogP) is 2.01. The molecule has 6 heteroatoms. The summed E-state index contributed by atoms with van der Waals surface area (Å²) in [5.74, 6) is 2.38. The minimum Gasteiger partial charge on any atom is -0.363 e. The van der Waals surface area contributed by atoms with Gasteiger partial charge in [0.2, 0.25) is 5.65 Å². The van der Waals surface area contributed by atoms with Crippen molar-refractivity contribution in [2.75, 3.05) is 5.32 Å². The van der Waals surface area contributed by atoms with Gasteiger partial charge in [-0.25, -0.2) is 4.98 Å². The Bertz CT molecular complexity index is 732. The molecule has 0 amide bonds. The largest absolute Gasteiger partial charge is 0.363 e. The summed E-state index contributed by atoms with van der Waals surface area (Å²) in [6.07, 6.45) is 9.74. The van der Waals surface area contributed by atoms with Gasteiger partial charge in [0.1, 0.15) is 5.82 Å². The first-order valence-corrected chi connectivity index (χ1v) is 6.74. The van der Waals surface area contributed by atoms with Crippen LogP contribution < -0.4 is 5.32 Å². The molecule has 3 heterocycles. The second kappa shape index (κ2) is 4.56. The van der Waals surface area contributed by atoms with E-state index in [9.17, 15) is 0 Å². The molecular weight excluding hydrogens is 252 g/mol. The summed E-state index contributed by atoms with van der Waals surface area (Å²) in [6.45, 7) is 0.673. The van der Waals surface area contributed by atoms with Crippen LogP contribution >= 0.6 is 0 Å². The van der Waals surface area contributed by atoms with E-state index in [2.05, 4.69) is 25.5 Å². The van der Waals surface area contributed by atoms with Crippen molar-refractivity contribution < 1.29 is 0 Å². The molecule has 1 saturated carbocycles. The lowest BCUT2D eigenvalue weighted by atomic mass is 10.3. The fourth-order valence-electron chi connectivity index (χ4n) is 2.28. The van der Waals surface area contributed by atoms with E-state index in [1.807, 2.05) is 28.9 Å². The Morgan fingerprint density at radius 1 is 1.25 bits per heavy atom. The van der Waals surface area contributed by atoms with Crippen LogP contribution in [0.5, 0.6) is 0 Å². The van der Waals surface area contributed by atoms with E-state index in [4.69, 9.17) is 0 Å². The number of anilines is 1. The molecule has 20 heavy (non-hydrogen) atoms. The normalized spacial score (nSPS) is 14.6. The third-order valence-corrected chi connectivity index (χ3v) is 3.48. The van der Waals surface area contributed by atoms with E-state index in [1.165, 1.54) is 12.8 Å². The molecular formula is C14H14N6. The maximum absolute atomic E-state index is 4.36. The molecule has 1 aliphatic rings. The Morgan fingerprint density at radius 2 is 2.20 bits per heavy atom. The van der Waals surface area contributed by atoms with Crippen molar-refractivity contribution in [2.45, 2.75) is 25.3 Å². The summed E-state index contributed by atoms with van der Waals surface area (Å²) in [4.78, 5) is 8.46. The molecule has 0 aromatic carbocycles. The lowest BCUT2D eigenvalue weighted by Gasteiger charge is -2.06. The second-order valence-corrected chi connectivity index (χ2v) is 5.02. The molecule has 1 aliphatic carbocycles. The average Bonchev–Trinajstić information content (AvgIpc) is 3.25. The van der Waals surface area contributed by atoms with Gasteiger partial charge < -0.3 is 5.32 Å². The first-order chi connectivity index (χ1) is 9.92. The molecule has 0 spiro atoms. The molecule has 0 saturated heterocycles. The maximum Gasteiger partial charge on any atom is 0.203 e. The SMILES string of the molecule is c1cncc(CNc2nccn3c(C4CC4)nnc23)c1. The Morgan fingerprint density at radius 3 is 3.00 bits per heavy atom. The van der Waals surface area contributed by atoms with E-state index >= 15 is 0 Å². The van der Waals surface area contributed by atoms with Gasteiger partial charge in [0.15, 0.2) is 5.82 Å². The minimum atomic E-state index is 0.568. The number of pyridine rings is 1. The molecule has 0 atom stereocenters. The first-order valence-electron chi connectivity index (χ1n) is 6.74. The summed E-state index contributed by atoms with van der Waals surface area (Å²) in [7, 11) is 0. The van der Waals surface area contributed by atoms with Crippen molar-refractivity contribution >= 4 is 11.5 Å². The van der Waals surface area contributed by atoms with Gasteiger partial charge >= 0.3 is 0 Å². The molecule has 3 aromatic rings. The quantitative estimate of drug-likeness (QED) is 0.782. The zero-order valence-corrected chi connectivity index (χ0v) is 10.9. The van der Waals surface area contributed by atoms with Crippen LogP contribution in [0.4, 0.5) is 5.82 Å². The van der Waals surface area contributed by atoms with Gasteiger partial charge in [-0.05, 0) is 24.5 Å². The first kappa shape index (κ1) is 11.3. The van der Waals surface area contributed by atoms with E-state index in [1.54, 1.807) is 12.4 Å². The number of hydrogen-bond donors (Lipinski definition) is 1. The summed E-state index contributed by atoms with van der Waals surface area (Å²) < 4.78 is 2.04. The monoisotopic (exact) mass is 266 g/mol. The highest BCUT2D eigenvalue weighted by molar-refractivity contribution is 5.62. The molecule has 0 aliphatic heterocycles. The molecule has 100 valence electrons. The summed E-state index contributed by atoms with van der Waals surface area (Å²) >= 11 is 0. The van der Waals surface area contributed by atoms with Crippen LogP contribution in [0.2, 0.25) is 0 Å². The van der Waals surface area contributed by atoms with Crippen molar-refractivity contribution in [1.29, 1.82) is 0 Å². The van der Waals surface area contributed by atoms with E-state index < -0.39 is 0 Å². The van der Waals surface area contributed by atoms with Crippen molar-refractivity contribution in [2.24, 2.45) is 0 Å². The van der Waals surface area contributed by atoms with E-state index in [-0.39, 0.29) is 0 Å². The van der Waals surface area contributed by atoms with Crippen LogP contribution in [0.15, 0.2) is 36.9 Å². The van der Waals surface area contributed by atoms with Crippen LogP contribution in [0.25, 0.3) is 5.65 Å². The number of aromatic nitrogens is 5. The third kappa shape index (κ3) is 1.99. The Balaban J connectivity index is 1.63. The topological polar surface area (TPSA) is 68.0 Å². The molecule has 4 rings (SSSR count). The van der Waals surface area contributed by atoms with Gasteiger partial charge in [0.25, 0.3) is 0 Å². The van der Waals surface area contributed by atoms with Crippen molar-refractivity contribution in [3.63, 3.8) is 0 Å². The Labute approximate surface area is 115 Å². The lowest BCUT2D eigenvalue weighted by Crippen LogP contribution is -2.04. The van der Waals surface area contributed by atoms with Gasteiger partial charge in [-0.15, -0.1) is 10.2 Å². The third-order valence-electron chi connectivity index (χ3n) is 3.48.